The topological polar surface area (TPSA) is 0 Å². The molecule has 0 fully saturated rings. The normalized spacial score (nSPS) is 9.35. The van der Waals surface area contributed by atoms with Crippen molar-refractivity contribution in [1.29, 1.82) is 0 Å². The molecule has 2 heteroatoms. The molecule has 202 valence electrons. The van der Waals surface area contributed by atoms with Crippen LogP contribution < -0.4 is 0 Å². The van der Waals surface area contributed by atoms with Crippen LogP contribution in [0.25, 0.3) is 0 Å². The molecule has 0 heterocycles. The SMILES string of the molecule is CC(C)[Si](C#CC#CC#CC#CC#CC#CC#CC#CC#CC#C[Si](C(C)C)(C(C)C)C(C)C)(C(C)C)C(C)C. The van der Waals surface area contributed by atoms with Crippen LogP contribution in [0.3, 0.4) is 0 Å². The van der Waals surface area contributed by atoms with Gasteiger partial charge >= 0.3 is 0 Å². The summed E-state index contributed by atoms with van der Waals surface area (Å²) in [6, 6.07) is 0. The van der Waals surface area contributed by atoms with E-state index in [2.05, 4.69) is 201 Å². The Morgan fingerprint density at radius 3 is 0.475 bits per heavy atom. The third kappa shape index (κ3) is 11.4. The van der Waals surface area contributed by atoms with Crippen molar-refractivity contribution in [3.05, 3.63) is 0 Å². The van der Waals surface area contributed by atoms with Crippen molar-refractivity contribution < 1.29 is 0 Å². The number of hydrogen-bond donors (Lipinski definition) is 0. The third-order valence-electron chi connectivity index (χ3n) is 7.35. The molecule has 40 heavy (non-hydrogen) atoms. The van der Waals surface area contributed by atoms with Crippen molar-refractivity contribution >= 4 is 16.1 Å². The molecule has 0 N–H and O–H groups in total. The van der Waals surface area contributed by atoms with E-state index in [1.54, 1.807) is 0 Å². The van der Waals surface area contributed by atoms with E-state index in [1.807, 2.05) is 0 Å². The van der Waals surface area contributed by atoms with E-state index in [1.165, 1.54) is 0 Å². The Balaban J connectivity index is 5.09. The van der Waals surface area contributed by atoms with E-state index in [0.717, 1.165) is 0 Å². The lowest BCUT2D eigenvalue weighted by molar-refractivity contribution is 0.838. The molecule has 0 radical (unpaired) electrons. The van der Waals surface area contributed by atoms with E-state index in [0.29, 0.717) is 33.2 Å². The van der Waals surface area contributed by atoms with Crippen molar-refractivity contribution in [2.75, 3.05) is 0 Å². The molecule has 0 aliphatic carbocycles. The van der Waals surface area contributed by atoms with Crippen LogP contribution in [-0.4, -0.2) is 16.1 Å². The molecular formula is C38H42Si2. The molecule has 0 saturated carbocycles. The zero-order valence-corrected chi connectivity index (χ0v) is 28.5. The molecule has 0 spiro atoms. The summed E-state index contributed by atoms with van der Waals surface area (Å²) in [5.74, 6) is 49.0. The molecule has 0 saturated heterocycles. The Labute approximate surface area is 249 Å². The highest BCUT2D eigenvalue weighted by atomic mass is 28.3. The van der Waals surface area contributed by atoms with Gasteiger partial charge in [-0.05, 0) is 128 Å². The van der Waals surface area contributed by atoms with Gasteiger partial charge in [-0.2, -0.15) is 0 Å². The van der Waals surface area contributed by atoms with Crippen LogP contribution in [-0.2, 0) is 0 Å². The van der Waals surface area contributed by atoms with Gasteiger partial charge in [-0.1, -0.05) is 83.1 Å². The highest BCUT2D eigenvalue weighted by molar-refractivity contribution is 6.91. The average Bonchev–Trinajstić information content (AvgIpc) is 2.85. The molecule has 0 aliphatic rings. The standard InChI is InChI=1S/C38H42Si2/c1-33(2)39(34(3)4,35(5)6)31-29-27-25-23-21-19-17-15-13-14-16-18-20-22-24-26-28-30-32-40(36(7)8,37(9)10)38(11)12/h33-38H,1-12H3. The molecule has 0 rings (SSSR count). The molecule has 0 aromatic carbocycles. The van der Waals surface area contributed by atoms with Crippen LogP contribution >= 0.6 is 0 Å². The Morgan fingerprint density at radius 2 is 0.350 bits per heavy atom. The summed E-state index contributed by atoms with van der Waals surface area (Å²) in [6.07, 6.45) is 0. The largest absolute Gasteiger partial charge is 0.147 e. The maximum absolute atomic E-state index is 3.54. The Morgan fingerprint density at radius 1 is 0.225 bits per heavy atom. The second-order valence-electron chi connectivity index (χ2n) is 11.3. The van der Waals surface area contributed by atoms with Gasteiger partial charge in [-0.25, -0.2) is 0 Å². The second-order valence-corrected chi connectivity index (χ2v) is 22.5. The zero-order valence-electron chi connectivity index (χ0n) is 26.5. The lowest BCUT2D eigenvalue weighted by atomic mass is 10.5. The van der Waals surface area contributed by atoms with E-state index in [4.69, 9.17) is 0 Å². The molecule has 0 amide bonds. The monoisotopic (exact) mass is 554 g/mol. The van der Waals surface area contributed by atoms with Gasteiger partial charge in [0.15, 0.2) is 0 Å². The predicted molar refractivity (Wildman–Crippen MR) is 180 cm³/mol. The minimum absolute atomic E-state index is 0.579. The summed E-state index contributed by atoms with van der Waals surface area (Å²) < 4.78 is 0. The van der Waals surface area contributed by atoms with Crippen LogP contribution in [0.5, 0.6) is 0 Å². The van der Waals surface area contributed by atoms with Crippen LogP contribution in [0, 0.1) is 118 Å². The van der Waals surface area contributed by atoms with Crippen molar-refractivity contribution in [2.24, 2.45) is 0 Å². The van der Waals surface area contributed by atoms with E-state index in [9.17, 15) is 0 Å². The lowest BCUT2D eigenvalue weighted by Gasteiger charge is -2.37. The van der Waals surface area contributed by atoms with E-state index in [-0.39, 0.29) is 0 Å². The molecule has 0 nitrogen and oxygen atoms in total. The van der Waals surface area contributed by atoms with Gasteiger partial charge in [0.2, 0.25) is 0 Å². The minimum Gasteiger partial charge on any atom is -0.116 e. The first kappa shape index (κ1) is 36.0. The first-order valence-corrected chi connectivity index (χ1v) is 18.4. The zero-order chi connectivity index (χ0) is 30.6. The summed E-state index contributed by atoms with van der Waals surface area (Å²) in [5, 5.41) is 0. The third-order valence-corrected chi connectivity index (χ3v) is 19.9. The first-order chi connectivity index (χ1) is 18.9. The van der Waals surface area contributed by atoms with Crippen molar-refractivity contribution in [1.82, 2.24) is 0 Å². The van der Waals surface area contributed by atoms with E-state index >= 15 is 0 Å². The van der Waals surface area contributed by atoms with Crippen LogP contribution in [0.15, 0.2) is 0 Å². The highest BCUT2D eigenvalue weighted by Gasteiger charge is 2.42. The molecule has 0 unspecified atom stereocenters. The fourth-order valence-electron chi connectivity index (χ4n) is 5.65. The highest BCUT2D eigenvalue weighted by Crippen LogP contribution is 2.41. The van der Waals surface area contributed by atoms with Crippen LogP contribution in [0.1, 0.15) is 83.1 Å². The first-order valence-electron chi connectivity index (χ1n) is 13.9. The van der Waals surface area contributed by atoms with Gasteiger partial charge < -0.3 is 0 Å². The molecule has 0 aromatic heterocycles. The van der Waals surface area contributed by atoms with Gasteiger partial charge in [0.1, 0.15) is 16.1 Å². The van der Waals surface area contributed by atoms with Crippen molar-refractivity contribution in [2.45, 2.75) is 116 Å². The Hall–Kier alpha value is -3.97. The number of hydrogen-bond acceptors (Lipinski definition) is 0. The molecule has 0 aliphatic heterocycles. The molecule has 0 atom stereocenters. The van der Waals surface area contributed by atoms with Gasteiger partial charge in [0, 0.05) is 11.8 Å². The smallest absolute Gasteiger partial charge is 0.116 e. The molecule has 0 bridgehead atoms. The quantitative estimate of drug-likeness (QED) is 0.236. The van der Waals surface area contributed by atoms with Crippen LogP contribution in [0.2, 0.25) is 33.2 Å². The fraction of sp³-hybridized carbons (Fsp3) is 0.474. The van der Waals surface area contributed by atoms with Gasteiger partial charge in [-0.3, -0.25) is 0 Å². The predicted octanol–water partition coefficient (Wildman–Crippen LogP) is 7.46. The molecule has 0 aromatic rings. The summed E-state index contributed by atoms with van der Waals surface area (Å²) in [5.41, 5.74) is 10.6. The van der Waals surface area contributed by atoms with Crippen molar-refractivity contribution in [3.63, 3.8) is 0 Å². The Kier molecular flexibility index (Phi) is 17.3. The van der Waals surface area contributed by atoms with Gasteiger partial charge in [0.05, 0.1) is 0 Å². The summed E-state index contributed by atoms with van der Waals surface area (Å²) >= 11 is 0. The minimum atomic E-state index is -1.75. The maximum atomic E-state index is 3.54. The maximum Gasteiger partial charge on any atom is 0.147 e. The summed E-state index contributed by atoms with van der Waals surface area (Å²) in [7, 11) is -3.51. The Bertz CT molecular complexity index is 1350. The second kappa shape index (κ2) is 19.1. The van der Waals surface area contributed by atoms with E-state index < -0.39 is 16.1 Å². The van der Waals surface area contributed by atoms with Crippen molar-refractivity contribution in [3.8, 4) is 118 Å². The fourth-order valence-corrected chi connectivity index (χ4v) is 15.9. The average molecular weight is 555 g/mol. The summed E-state index contributed by atoms with van der Waals surface area (Å²) in [6.45, 7) is 27.4. The van der Waals surface area contributed by atoms with Crippen LogP contribution in [0.4, 0.5) is 0 Å². The van der Waals surface area contributed by atoms with Gasteiger partial charge in [0.25, 0.3) is 0 Å². The lowest BCUT2D eigenvalue weighted by Crippen LogP contribution is -2.43. The van der Waals surface area contributed by atoms with Gasteiger partial charge in [-0.15, -0.1) is 11.1 Å². The molecular weight excluding hydrogens is 513 g/mol. The summed E-state index contributed by atoms with van der Waals surface area (Å²) in [4.78, 5) is 0. The number of rotatable bonds is 6.